The third-order valence-electron chi connectivity index (χ3n) is 3.73. The van der Waals surface area contributed by atoms with Gasteiger partial charge in [0, 0.05) is 23.2 Å². The number of amides is 2. The molecule has 0 radical (unpaired) electrons. The first-order valence-electron chi connectivity index (χ1n) is 6.44. The minimum atomic E-state index is -0.841. The second kappa shape index (κ2) is 5.83. The summed E-state index contributed by atoms with van der Waals surface area (Å²) < 4.78 is 0.925. The van der Waals surface area contributed by atoms with Crippen molar-refractivity contribution in [1.82, 2.24) is 4.90 Å². The highest BCUT2D eigenvalue weighted by atomic mass is 79.9. The van der Waals surface area contributed by atoms with Crippen LogP contribution in [0.15, 0.2) is 22.7 Å². The molecule has 1 aliphatic heterocycles. The summed E-state index contributed by atoms with van der Waals surface area (Å²) in [7, 11) is 0. The maximum absolute atomic E-state index is 12.2. The van der Waals surface area contributed by atoms with Gasteiger partial charge in [-0.1, -0.05) is 28.9 Å². The predicted octanol–water partition coefficient (Wildman–Crippen LogP) is 2.94. The van der Waals surface area contributed by atoms with Crippen LogP contribution in [0.5, 0.6) is 0 Å². The molecule has 2 rings (SSSR count). The molecule has 0 aromatic heterocycles. The lowest BCUT2D eigenvalue weighted by Gasteiger charge is -2.18. The zero-order valence-electron chi connectivity index (χ0n) is 11.4. The summed E-state index contributed by atoms with van der Waals surface area (Å²) in [6.07, 6.45) is 0. The summed E-state index contributed by atoms with van der Waals surface area (Å²) in [4.78, 5) is 24.8. The molecular formula is C14H17BrN2O3. The van der Waals surface area contributed by atoms with Crippen LogP contribution in [-0.4, -0.2) is 35.1 Å². The Bertz CT molecular complexity index is 547. The maximum Gasteiger partial charge on any atom is 0.321 e. The van der Waals surface area contributed by atoms with Crippen LogP contribution >= 0.6 is 15.9 Å². The summed E-state index contributed by atoms with van der Waals surface area (Å²) in [6, 6.07) is 5.33. The molecule has 1 fully saturated rings. The van der Waals surface area contributed by atoms with Crippen molar-refractivity contribution in [3.8, 4) is 0 Å². The van der Waals surface area contributed by atoms with Crippen molar-refractivity contribution in [2.45, 2.75) is 13.8 Å². The zero-order chi connectivity index (χ0) is 14.9. The van der Waals surface area contributed by atoms with E-state index in [0.717, 1.165) is 15.7 Å². The maximum atomic E-state index is 12.2. The number of benzene rings is 1. The molecule has 2 N–H and O–H groups in total. The van der Waals surface area contributed by atoms with Crippen LogP contribution in [0.4, 0.5) is 10.5 Å². The molecule has 0 spiro atoms. The third-order valence-corrected chi connectivity index (χ3v) is 4.59. The number of carboxylic acid groups (broad SMARTS) is 1. The minimum Gasteiger partial charge on any atom is -0.481 e. The van der Waals surface area contributed by atoms with E-state index in [4.69, 9.17) is 5.11 Å². The summed E-state index contributed by atoms with van der Waals surface area (Å²) in [5.74, 6) is -1.35. The summed E-state index contributed by atoms with van der Waals surface area (Å²) in [6.45, 7) is 4.49. The number of carboxylic acids is 1. The quantitative estimate of drug-likeness (QED) is 0.869. The molecule has 6 heteroatoms. The number of urea groups is 1. The molecule has 1 heterocycles. The van der Waals surface area contributed by atoms with E-state index >= 15 is 0 Å². The SMILES string of the molecule is Cc1c(Br)cccc1NC(=O)N1CC(C)C(C(=O)O)C1. The number of anilines is 1. The molecule has 108 valence electrons. The Morgan fingerprint density at radius 3 is 2.70 bits per heavy atom. The van der Waals surface area contributed by atoms with Crippen LogP contribution in [0.2, 0.25) is 0 Å². The van der Waals surface area contributed by atoms with Crippen LogP contribution in [0.1, 0.15) is 12.5 Å². The molecule has 5 nitrogen and oxygen atoms in total. The number of rotatable bonds is 2. The summed E-state index contributed by atoms with van der Waals surface area (Å²) >= 11 is 3.42. The highest BCUT2D eigenvalue weighted by molar-refractivity contribution is 9.10. The molecule has 0 bridgehead atoms. The van der Waals surface area contributed by atoms with Gasteiger partial charge in [0.1, 0.15) is 0 Å². The van der Waals surface area contributed by atoms with E-state index in [1.54, 1.807) is 4.90 Å². The highest BCUT2D eigenvalue weighted by Gasteiger charge is 2.37. The molecule has 20 heavy (non-hydrogen) atoms. The fourth-order valence-corrected chi connectivity index (χ4v) is 2.76. The molecule has 1 aromatic rings. The van der Waals surface area contributed by atoms with Gasteiger partial charge in [-0.2, -0.15) is 0 Å². The van der Waals surface area contributed by atoms with Crippen molar-refractivity contribution >= 4 is 33.6 Å². The van der Waals surface area contributed by atoms with Gasteiger partial charge in [-0.05, 0) is 30.5 Å². The van der Waals surface area contributed by atoms with E-state index in [9.17, 15) is 9.59 Å². The second-order valence-corrected chi connectivity index (χ2v) is 6.02. The van der Waals surface area contributed by atoms with Crippen LogP contribution in [0.3, 0.4) is 0 Å². The molecular weight excluding hydrogens is 324 g/mol. The number of halogens is 1. The largest absolute Gasteiger partial charge is 0.481 e. The van der Waals surface area contributed by atoms with Gasteiger partial charge < -0.3 is 15.3 Å². The topological polar surface area (TPSA) is 69.6 Å². The number of carbonyl (C=O) groups excluding carboxylic acids is 1. The monoisotopic (exact) mass is 340 g/mol. The van der Waals surface area contributed by atoms with Crippen molar-refractivity contribution in [3.05, 3.63) is 28.2 Å². The molecule has 2 atom stereocenters. The first-order chi connectivity index (χ1) is 9.40. The van der Waals surface area contributed by atoms with E-state index in [0.29, 0.717) is 6.54 Å². The van der Waals surface area contributed by atoms with E-state index in [1.165, 1.54) is 0 Å². The van der Waals surface area contributed by atoms with Gasteiger partial charge in [-0.25, -0.2) is 4.79 Å². The van der Waals surface area contributed by atoms with Crippen molar-refractivity contribution < 1.29 is 14.7 Å². The number of hydrogen-bond donors (Lipinski definition) is 2. The van der Waals surface area contributed by atoms with Gasteiger partial charge in [-0.3, -0.25) is 4.79 Å². The van der Waals surface area contributed by atoms with Crippen LogP contribution < -0.4 is 5.32 Å². The van der Waals surface area contributed by atoms with E-state index in [1.807, 2.05) is 32.0 Å². The Kier molecular flexibility index (Phi) is 4.32. The van der Waals surface area contributed by atoms with Gasteiger partial charge >= 0.3 is 12.0 Å². The lowest BCUT2D eigenvalue weighted by molar-refractivity contribution is -0.142. The van der Waals surface area contributed by atoms with Crippen molar-refractivity contribution in [1.29, 1.82) is 0 Å². The summed E-state index contributed by atoms with van der Waals surface area (Å²) in [5, 5.41) is 11.9. The van der Waals surface area contributed by atoms with Gasteiger partial charge in [0.2, 0.25) is 0 Å². The number of aliphatic carboxylic acids is 1. The van der Waals surface area contributed by atoms with Gasteiger partial charge in [0.05, 0.1) is 5.92 Å². The second-order valence-electron chi connectivity index (χ2n) is 5.17. The standard InChI is InChI=1S/C14H17BrN2O3/c1-8-6-17(7-10(8)13(18)19)14(20)16-12-5-3-4-11(15)9(12)2/h3-5,8,10H,6-7H2,1-2H3,(H,16,20)(H,18,19). The Morgan fingerprint density at radius 1 is 1.40 bits per heavy atom. The number of nitrogens with zero attached hydrogens (tertiary/aromatic N) is 1. The van der Waals surface area contributed by atoms with Crippen molar-refractivity contribution in [3.63, 3.8) is 0 Å². The van der Waals surface area contributed by atoms with Crippen LogP contribution in [0, 0.1) is 18.8 Å². The molecule has 0 aliphatic carbocycles. The average Bonchev–Trinajstić information content (AvgIpc) is 2.77. The number of carbonyl (C=O) groups is 2. The first-order valence-corrected chi connectivity index (χ1v) is 7.23. The van der Waals surface area contributed by atoms with Crippen LogP contribution in [0.25, 0.3) is 0 Å². The van der Waals surface area contributed by atoms with Gasteiger partial charge in [-0.15, -0.1) is 0 Å². The number of likely N-dealkylation sites (tertiary alicyclic amines) is 1. The van der Waals surface area contributed by atoms with Crippen LogP contribution in [-0.2, 0) is 4.79 Å². The number of nitrogens with one attached hydrogen (secondary N) is 1. The zero-order valence-corrected chi connectivity index (χ0v) is 13.0. The van der Waals surface area contributed by atoms with Crippen molar-refractivity contribution in [2.24, 2.45) is 11.8 Å². The molecule has 2 amide bonds. The lowest BCUT2D eigenvalue weighted by atomic mass is 9.99. The van der Waals surface area contributed by atoms with Crippen molar-refractivity contribution in [2.75, 3.05) is 18.4 Å². The molecule has 1 aromatic carbocycles. The first kappa shape index (κ1) is 14.8. The van der Waals surface area contributed by atoms with E-state index in [-0.39, 0.29) is 18.5 Å². The predicted molar refractivity (Wildman–Crippen MR) is 79.8 cm³/mol. The molecule has 1 aliphatic rings. The van der Waals surface area contributed by atoms with E-state index in [2.05, 4.69) is 21.2 Å². The fourth-order valence-electron chi connectivity index (χ4n) is 2.39. The summed E-state index contributed by atoms with van der Waals surface area (Å²) in [5.41, 5.74) is 1.68. The third kappa shape index (κ3) is 2.95. The molecule has 2 unspecified atom stereocenters. The fraction of sp³-hybridized carbons (Fsp3) is 0.429. The molecule has 1 saturated heterocycles. The van der Waals surface area contributed by atoms with E-state index < -0.39 is 11.9 Å². The van der Waals surface area contributed by atoms with Gasteiger partial charge in [0.15, 0.2) is 0 Å². The van der Waals surface area contributed by atoms with Gasteiger partial charge in [0.25, 0.3) is 0 Å². The highest BCUT2D eigenvalue weighted by Crippen LogP contribution is 2.26. The normalized spacial score (nSPS) is 21.9. The Labute approximate surface area is 126 Å². The number of hydrogen-bond acceptors (Lipinski definition) is 2. The Hall–Kier alpha value is -1.56. The minimum absolute atomic E-state index is 0.0261. The molecule has 0 saturated carbocycles. The Balaban J connectivity index is 2.06. The lowest BCUT2D eigenvalue weighted by Crippen LogP contribution is -2.34. The average molecular weight is 341 g/mol. The smallest absolute Gasteiger partial charge is 0.321 e. The Morgan fingerprint density at radius 2 is 2.10 bits per heavy atom.